The van der Waals surface area contributed by atoms with Crippen molar-refractivity contribution in [2.75, 3.05) is 24.6 Å². The molecule has 0 unspecified atom stereocenters. The fourth-order valence-electron chi connectivity index (χ4n) is 7.86. The van der Waals surface area contributed by atoms with E-state index in [1.54, 1.807) is 18.2 Å². The summed E-state index contributed by atoms with van der Waals surface area (Å²) >= 11 is 6.44. The van der Waals surface area contributed by atoms with E-state index < -0.39 is 27.3 Å². The molecule has 2 aromatic carbocycles. The minimum Gasteiger partial charge on any atom is -0.491 e. The van der Waals surface area contributed by atoms with Gasteiger partial charge in [-0.15, -0.1) is 0 Å². The van der Waals surface area contributed by atoms with Gasteiger partial charge in [0.25, 0.3) is 5.91 Å². The summed E-state index contributed by atoms with van der Waals surface area (Å²) in [5.74, 6) is 0.403. The van der Waals surface area contributed by atoms with Gasteiger partial charge in [0.15, 0.2) is 0 Å². The van der Waals surface area contributed by atoms with Crippen molar-refractivity contribution in [2.24, 2.45) is 23.7 Å². The molecular weight excluding hydrogens is 608 g/mol. The smallest absolute Gasteiger partial charge is 0.264 e. The summed E-state index contributed by atoms with van der Waals surface area (Å²) in [7, 11) is -3.93. The number of amides is 1. The number of sulfonamides is 1. The summed E-state index contributed by atoms with van der Waals surface area (Å²) in [5.41, 5.74) is 3.55. The molecule has 7 nitrogen and oxygen atoms in total. The first-order valence-electron chi connectivity index (χ1n) is 16.9. The molecule has 2 aliphatic carbocycles. The first kappa shape index (κ1) is 32.4. The highest BCUT2D eigenvalue weighted by atomic mass is 35.5. The molecule has 0 radical (unpaired) electrons. The number of ether oxygens (including phenoxy) is 1. The Hall–Kier alpha value is -2.55. The lowest BCUT2D eigenvalue weighted by Gasteiger charge is -2.42. The van der Waals surface area contributed by atoms with Gasteiger partial charge in [-0.1, -0.05) is 56.5 Å². The largest absolute Gasteiger partial charge is 0.491 e. The normalized spacial score (nSPS) is 30.9. The predicted octanol–water partition coefficient (Wildman–Crippen LogP) is 6.88. The van der Waals surface area contributed by atoms with Gasteiger partial charge >= 0.3 is 0 Å². The van der Waals surface area contributed by atoms with Crippen molar-refractivity contribution < 1.29 is 23.1 Å². The van der Waals surface area contributed by atoms with Gasteiger partial charge in [-0.2, -0.15) is 0 Å². The molecule has 244 valence electrons. The van der Waals surface area contributed by atoms with Crippen LogP contribution >= 0.6 is 11.6 Å². The van der Waals surface area contributed by atoms with Crippen LogP contribution in [0.3, 0.4) is 0 Å². The quantitative estimate of drug-likeness (QED) is 0.342. The van der Waals surface area contributed by atoms with Crippen molar-refractivity contribution in [1.82, 2.24) is 4.72 Å². The van der Waals surface area contributed by atoms with E-state index in [0.29, 0.717) is 37.4 Å². The predicted molar refractivity (Wildman–Crippen MR) is 180 cm³/mol. The monoisotopic (exact) mass is 654 g/mol. The molecule has 2 N–H and O–H groups in total. The number of rotatable bonds is 5. The van der Waals surface area contributed by atoms with Gasteiger partial charge in [0.05, 0.1) is 23.6 Å². The number of nitrogens with zero attached hydrogens (tertiary/aromatic N) is 1. The Labute approximate surface area is 273 Å². The summed E-state index contributed by atoms with van der Waals surface area (Å²) in [4.78, 5) is 15.9. The van der Waals surface area contributed by atoms with E-state index in [9.17, 15) is 18.3 Å². The molecule has 6 rings (SSSR count). The molecule has 2 bridgehead atoms. The molecule has 0 saturated heterocycles. The first-order valence-corrected chi connectivity index (χ1v) is 18.8. The lowest BCUT2D eigenvalue weighted by atomic mass is 9.70. The number of nitrogens with one attached hydrogen (secondary N) is 1. The third-order valence-corrected chi connectivity index (χ3v) is 13.0. The second kappa shape index (κ2) is 13.7. The van der Waals surface area contributed by atoms with E-state index in [1.165, 1.54) is 11.1 Å². The van der Waals surface area contributed by atoms with Crippen molar-refractivity contribution in [2.45, 2.75) is 88.9 Å². The van der Waals surface area contributed by atoms with Crippen LogP contribution in [-0.2, 0) is 16.4 Å². The molecule has 9 heteroatoms. The number of aliphatic hydroxyl groups excluding tert-OH is 1. The van der Waals surface area contributed by atoms with Crippen molar-refractivity contribution in [3.63, 3.8) is 0 Å². The fraction of sp³-hybridized carbons (Fsp3) is 0.583. The average molecular weight is 655 g/mol. The van der Waals surface area contributed by atoms with Crippen molar-refractivity contribution in [3.8, 4) is 5.75 Å². The minimum absolute atomic E-state index is 0.0291. The van der Waals surface area contributed by atoms with Crippen LogP contribution in [0.4, 0.5) is 5.69 Å². The fourth-order valence-corrected chi connectivity index (χ4v) is 10.1. The van der Waals surface area contributed by atoms with Gasteiger partial charge in [0.1, 0.15) is 5.75 Å². The van der Waals surface area contributed by atoms with Crippen LogP contribution in [0.2, 0.25) is 5.02 Å². The molecule has 6 atom stereocenters. The summed E-state index contributed by atoms with van der Waals surface area (Å²) in [6.45, 7) is 5.99. The second-order valence-electron chi connectivity index (χ2n) is 13.8. The van der Waals surface area contributed by atoms with E-state index in [1.807, 2.05) is 25.1 Å². The molecule has 0 aromatic heterocycles. The molecular formula is C36H47ClN2O5S. The molecule has 4 aliphatic rings. The number of unbranched alkanes of at least 4 members (excludes halogenated alkanes) is 1. The molecule has 2 fully saturated rings. The number of carbonyl (C=O) groups excluding carboxylic acids is 1. The van der Waals surface area contributed by atoms with E-state index in [-0.39, 0.29) is 29.6 Å². The minimum atomic E-state index is -3.93. The standard InChI is InChI=1S/C36H47ClN2O5S/c1-3-4-8-25-18-29(37)14-16-30(25)28-21-39-20-27-12-15-31(27)33(40)11-5-7-23(2)35(24-9-6-10-24)45(42,43)38-36(41)26-13-17-34(44-22-28)32(39)19-26/h5,11,13-14,16-19,23-24,27-28,31,33,35,40H,3-4,6-10,12,15,20-22H2,1-2H3,(H,38,41)/b11-5+/t23-,27-,28-,31+,33-,35+/m0/s1. The number of aliphatic hydroxyl groups is 1. The number of halogens is 1. The number of hydrogen-bond donors (Lipinski definition) is 2. The van der Waals surface area contributed by atoms with E-state index in [4.69, 9.17) is 16.3 Å². The van der Waals surface area contributed by atoms with Crippen LogP contribution in [0, 0.1) is 23.7 Å². The highest BCUT2D eigenvalue weighted by Crippen LogP contribution is 2.43. The first-order chi connectivity index (χ1) is 21.6. The van der Waals surface area contributed by atoms with Crippen LogP contribution in [-0.4, -0.2) is 50.5 Å². The number of allylic oxidation sites excluding steroid dienone is 1. The van der Waals surface area contributed by atoms with Gasteiger partial charge in [-0.25, -0.2) is 13.1 Å². The molecule has 0 spiro atoms. The average Bonchev–Trinajstić information content (AvgIpc) is 3.14. The zero-order valence-electron chi connectivity index (χ0n) is 26.5. The summed E-state index contributed by atoms with van der Waals surface area (Å²) < 4.78 is 36.4. The number of hydrogen-bond acceptors (Lipinski definition) is 6. The Kier molecular flexibility index (Phi) is 9.84. The van der Waals surface area contributed by atoms with Gasteiger partial charge < -0.3 is 14.7 Å². The van der Waals surface area contributed by atoms with Crippen molar-refractivity contribution >= 4 is 33.2 Å². The SMILES string of the molecule is CCCCc1cc(Cl)ccc1[C@@H]1COc2ccc3cc2N(C1)C[C@@H]1CC[C@H]1[C@@H](O)/C=C/C[C@H](C)[C@H](C1CCC1)S(=O)(=O)NC3=O. The van der Waals surface area contributed by atoms with Crippen LogP contribution in [0.5, 0.6) is 5.75 Å². The van der Waals surface area contributed by atoms with Crippen LogP contribution < -0.4 is 14.4 Å². The topological polar surface area (TPSA) is 95.9 Å². The zero-order chi connectivity index (χ0) is 31.7. The maximum Gasteiger partial charge on any atom is 0.264 e. The molecule has 1 amide bonds. The summed E-state index contributed by atoms with van der Waals surface area (Å²) in [5, 5.41) is 11.3. The highest BCUT2D eigenvalue weighted by Gasteiger charge is 2.42. The third kappa shape index (κ3) is 6.93. The zero-order valence-corrected chi connectivity index (χ0v) is 28.0. The van der Waals surface area contributed by atoms with Gasteiger partial charge in [-0.3, -0.25) is 4.79 Å². The molecule has 2 aliphatic heterocycles. The lowest BCUT2D eigenvalue weighted by molar-refractivity contribution is 0.0460. The van der Waals surface area contributed by atoms with Gasteiger partial charge in [0.2, 0.25) is 10.0 Å². The maximum absolute atomic E-state index is 13.7. The Morgan fingerprint density at radius 1 is 1.07 bits per heavy atom. The Morgan fingerprint density at radius 3 is 2.60 bits per heavy atom. The Balaban J connectivity index is 1.37. The molecule has 2 aromatic rings. The number of aryl methyl sites for hydroxylation is 1. The Morgan fingerprint density at radius 2 is 1.89 bits per heavy atom. The Bertz CT molecular complexity index is 1520. The van der Waals surface area contributed by atoms with Gasteiger partial charge in [0, 0.05) is 29.6 Å². The molecule has 2 heterocycles. The number of benzene rings is 2. The summed E-state index contributed by atoms with van der Waals surface area (Å²) in [6.07, 6.45) is 11.6. The maximum atomic E-state index is 13.7. The second-order valence-corrected chi connectivity index (χ2v) is 16.1. The molecule has 45 heavy (non-hydrogen) atoms. The highest BCUT2D eigenvalue weighted by molar-refractivity contribution is 7.90. The van der Waals surface area contributed by atoms with Gasteiger partial charge in [-0.05, 0) is 110 Å². The summed E-state index contributed by atoms with van der Waals surface area (Å²) in [6, 6.07) is 11.4. The third-order valence-electron chi connectivity index (χ3n) is 10.8. The molecule has 2 saturated carbocycles. The van der Waals surface area contributed by atoms with E-state index in [0.717, 1.165) is 62.1 Å². The van der Waals surface area contributed by atoms with Crippen molar-refractivity contribution in [1.29, 1.82) is 0 Å². The van der Waals surface area contributed by atoms with E-state index >= 15 is 0 Å². The number of carbonyl (C=O) groups is 1. The number of anilines is 1. The van der Waals surface area contributed by atoms with Crippen molar-refractivity contribution in [3.05, 3.63) is 70.3 Å². The lowest BCUT2D eigenvalue weighted by Crippen LogP contribution is -2.47. The van der Waals surface area contributed by atoms with Crippen LogP contribution in [0.1, 0.15) is 92.6 Å². The van der Waals surface area contributed by atoms with E-state index in [2.05, 4.69) is 28.7 Å². The number of fused-ring (bicyclic) bond motifs is 2. The van der Waals surface area contributed by atoms with Crippen LogP contribution in [0.15, 0.2) is 48.6 Å². The van der Waals surface area contributed by atoms with Crippen LogP contribution in [0.25, 0.3) is 0 Å².